The van der Waals surface area contributed by atoms with Crippen molar-refractivity contribution in [3.05, 3.63) is 77.7 Å². The van der Waals surface area contributed by atoms with Gasteiger partial charge in [-0.2, -0.15) is 5.10 Å². The zero-order valence-electron chi connectivity index (χ0n) is 13.8. The fourth-order valence-corrected chi connectivity index (χ4v) is 2.38. The number of anilines is 1. The molecule has 0 unspecified atom stereocenters. The van der Waals surface area contributed by atoms with Crippen LogP contribution in [-0.4, -0.2) is 22.3 Å². The number of carbonyl (C=O) groups excluding carboxylic acids is 1. The average Bonchev–Trinajstić information content (AvgIpc) is 2.94. The van der Waals surface area contributed by atoms with E-state index in [4.69, 9.17) is 4.74 Å². The van der Waals surface area contributed by atoms with Crippen LogP contribution < -0.4 is 10.1 Å². The maximum Gasteiger partial charge on any atom is 0.263 e. The molecule has 0 radical (unpaired) electrons. The monoisotopic (exact) mass is 339 g/mol. The summed E-state index contributed by atoms with van der Waals surface area (Å²) in [6, 6.07) is 17.2. The first kappa shape index (κ1) is 16.7. The van der Waals surface area contributed by atoms with Crippen molar-refractivity contribution >= 4 is 11.7 Å². The molecular formula is C19H18FN3O2. The van der Waals surface area contributed by atoms with Crippen LogP contribution in [0.5, 0.6) is 5.75 Å². The van der Waals surface area contributed by atoms with E-state index in [1.807, 2.05) is 37.3 Å². The Kier molecular flexibility index (Phi) is 5.09. The molecule has 0 atom stereocenters. The molecule has 6 heteroatoms. The summed E-state index contributed by atoms with van der Waals surface area (Å²) in [5.41, 5.74) is 1.90. The molecule has 0 saturated heterocycles. The summed E-state index contributed by atoms with van der Waals surface area (Å²) in [4.78, 5) is 12.1. The van der Waals surface area contributed by atoms with Crippen LogP contribution in [0, 0.1) is 12.7 Å². The fourth-order valence-electron chi connectivity index (χ4n) is 2.38. The maximum absolute atomic E-state index is 12.9. The molecule has 0 saturated carbocycles. The van der Waals surface area contributed by atoms with Crippen molar-refractivity contribution < 1.29 is 13.9 Å². The number of carbonyl (C=O) groups is 1. The van der Waals surface area contributed by atoms with E-state index < -0.39 is 0 Å². The standard InChI is InChI=1S/C19H18FN3O2/c1-14-11-18(23(22-14)12-15-5-3-2-4-6-15)21-19(24)13-25-17-9-7-16(20)8-10-17/h2-11H,12-13H2,1H3,(H,21,24). The minimum absolute atomic E-state index is 0.165. The fraction of sp³-hybridized carbons (Fsp3) is 0.158. The van der Waals surface area contributed by atoms with E-state index in [9.17, 15) is 9.18 Å². The second-order valence-corrected chi connectivity index (χ2v) is 5.60. The molecular weight excluding hydrogens is 321 g/mol. The first-order valence-electron chi connectivity index (χ1n) is 7.87. The van der Waals surface area contributed by atoms with Gasteiger partial charge in [-0.05, 0) is 36.8 Å². The normalized spacial score (nSPS) is 10.5. The van der Waals surface area contributed by atoms with E-state index in [0.717, 1.165) is 11.3 Å². The van der Waals surface area contributed by atoms with Gasteiger partial charge in [0.1, 0.15) is 17.4 Å². The number of rotatable bonds is 6. The quantitative estimate of drug-likeness (QED) is 0.749. The highest BCUT2D eigenvalue weighted by Gasteiger charge is 2.10. The molecule has 3 aromatic rings. The highest BCUT2D eigenvalue weighted by molar-refractivity contribution is 5.91. The first-order valence-corrected chi connectivity index (χ1v) is 7.87. The summed E-state index contributed by atoms with van der Waals surface area (Å²) in [5, 5.41) is 7.20. The van der Waals surface area contributed by atoms with Crippen molar-refractivity contribution in [3.8, 4) is 5.75 Å². The molecule has 1 N–H and O–H groups in total. The van der Waals surface area contributed by atoms with E-state index in [-0.39, 0.29) is 18.3 Å². The molecule has 5 nitrogen and oxygen atoms in total. The van der Waals surface area contributed by atoms with Gasteiger partial charge >= 0.3 is 0 Å². The van der Waals surface area contributed by atoms with Gasteiger partial charge in [-0.3, -0.25) is 4.79 Å². The minimum Gasteiger partial charge on any atom is -0.484 e. The third-order valence-electron chi connectivity index (χ3n) is 3.53. The van der Waals surface area contributed by atoms with Crippen LogP contribution in [0.2, 0.25) is 0 Å². The Morgan fingerprint density at radius 3 is 2.60 bits per heavy atom. The lowest BCUT2D eigenvalue weighted by Gasteiger charge is -2.10. The molecule has 0 bridgehead atoms. The molecule has 0 aliphatic heterocycles. The molecule has 128 valence electrons. The number of hydrogen-bond donors (Lipinski definition) is 1. The van der Waals surface area contributed by atoms with Gasteiger partial charge in [0.15, 0.2) is 6.61 Å². The van der Waals surface area contributed by atoms with Crippen LogP contribution >= 0.6 is 0 Å². The van der Waals surface area contributed by atoms with Crippen molar-refractivity contribution in [2.45, 2.75) is 13.5 Å². The highest BCUT2D eigenvalue weighted by Crippen LogP contribution is 2.14. The van der Waals surface area contributed by atoms with Crippen LogP contribution in [0.4, 0.5) is 10.2 Å². The maximum atomic E-state index is 12.9. The number of ether oxygens (including phenoxy) is 1. The van der Waals surface area contributed by atoms with Crippen LogP contribution in [-0.2, 0) is 11.3 Å². The zero-order chi connectivity index (χ0) is 17.6. The molecule has 2 aromatic carbocycles. The Morgan fingerprint density at radius 2 is 1.88 bits per heavy atom. The van der Waals surface area contributed by atoms with E-state index in [1.54, 1.807) is 10.7 Å². The highest BCUT2D eigenvalue weighted by atomic mass is 19.1. The molecule has 0 fully saturated rings. The Labute approximate surface area is 145 Å². The molecule has 0 aliphatic rings. The number of nitrogens with one attached hydrogen (secondary N) is 1. The third-order valence-corrected chi connectivity index (χ3v) is 3.53. The Hall–Kier alpha value is -3.15. The van der Waals surface area contributed by atoms with Crippen molar-refractivity contribution in [2.75, 3.05) is 11.9 Å². The van der Waals surface area contributed by atoms with Crippen LogP contribution in [0.15, 0.2) is 60.7 Å². The predicted molar refractivity (Wildman–Crippen MR) is 93.0 cm³/mol. The number of benzene rings is 2. The van der Waals surface area contributed by atoms with Gasteiger partial charge < -0.3 is 10.1 Å². The number of aryl methyl sites for hydroxylation is 1. The van der Waals surface area contributed by atoms with Gasteiger partial charge in [0, 0.05) is 6.07 Å². The minimum atomic E-state index is -0.350. The largest absolute Gasteiger partial charge is 0.484 e. The van der Waals surface area contributed by atoms with E-state index in [0.29, 0.717) is 18.1 Å². The third kappa shape index (κ3) is 4.67. The van der Waals surface area contributed by atoms with E-state index in [2.05, 4.69) is 10.4 Å². The molecule has 0 spiro atoms. The van der Waals surface area contributed by atoms with E-state index in [1.165, 1.54) is 24.3 Å². The summed E-state index contributed by atoms with van der Waals surface area (Å²) in [7, 11) is 0. The number of aromatic nitrogens is 2. The lowest BCUT2D eigenvalue weighted by atomic mass is 10.2. The molecule has 25 heavy (non-hydrogen) atoms. The molecule has 1 aromatic heterocycles. The van der Waals surface area contributed by atoms with Crippen LogP contribution in [0.1, 0.15) is 11.3 Å². The van der Waals surface area contributed by atoms with Crippen LogP contribution in [0.3, 0.4) is 0 Å². The van der Waals surface area contributed by atoms with Crippen LogP contribution in [0.25, 0.3) is 0 Å². The summed E-state index contributed by atoms with van der Waals surface area (Å²) in [5.74, 6) is 0.384. The number of halogens is 1. The van der Waals surface area contributed by atoms with Gasteiger partial charge in [-0.15, -0.1) is 0 Å². The Bertz CT molecular complexity index is 845. The van der Waals surface area contributed by atoms with Gasteiger partial charge in [0.25, 0.3) is 5.91 Å². The second-order valence-electron chi connectivity index (χ2n) is 5.60. The molecule has 3 rings (SSSR count). The number of amides is 1. The van der Waals surface area contributed by atoms with Crippen molar-refractivity contribution in [3.63, 3.8) is 0 Å². The van der Waals surface area contributed by atoms with Gasteiger partial charge in [0.05, 0.1) is 12.2 Å². The molecule has 1 amide bonds. The smallest absolute Gasteiger partial charge is 0.263 e. The topological polar surface area (TPSA) is 56.1 Å². The number of nitrogens with zero attached hydrogens (tertiary/aromatic N) is 2. The first-order chi connectivity index (χ1) is 12.1. The molecule has 0 aliphatic carbocycles. The van der Waals surface area contributed by atoms with Gasteiger partial charge in [-0.1, -0.05) is 30.3 Å². The summed E-state index contributed by atoms with van der Waals surface area (Å²) in [6.45, 7) is 2.26. The van der Waals surface area contributed by atoms with Crippen molar-refractivity contribution in [2.24, 2.45) is 0 Å². The van der Waals surface area contributed by atoms with E-state index >= 15 is 0 Å². The van der Waals surface area contributed by atoms with Crippen molar-refractivity contribution in [1.29, 1.82) is 0 Å². The molecule has 1 heterocycles. The average molecular weight is 339 g/mol. The summed E-state index contributed by atoms with van der Waals surface area (Å²) >= 11 is 0. The lowest BCUT2D eigenvalue weighted by Crippen LogP contribution is -2.22. The van der Waals surface area contributed by atoms with Gasteiger partial charge in [0.2, 0.25) is 0 Å². The summed E-state index contributed by atoms with van der Waals surface area (Å²) < 4.78 is 19.9. The summed E-state index contributed by atoms with van der Waals surface area (Å²) in [6.07, 6.45) is 0. The Morgan fingerprint density at radius 1 is 1.16 bits per heavy atom. The number of hydrogen-bond acceptors (Lipinski definition) is 3. The predicted octanol–water partition coefficient (Wildman–Crippen LogP) is 3.40. The van der Waals surface area contributed by atoms with Crippen molar-refractivity contribution in [1.82, 2.24) is 9.78 Å². The van der Waals surface area contributed by atoms with Gasteiger partial charge in [-0.25, -0.2) is 9.07 Å². The lowest BCUT2D eigenvalue weighted by molar-refractivity contribution is -0.118. The Balaban J connectivity index is 1.62. The zero-order valence-corrected chi connectivity index (χ0v) is 13.8. The second kappa shape index (κ2) is 7.61. The SMILES string of the molecule is Cc1cc(NC(=O)COc2ccc(F)cc2)n(Cc2ccccc2)n1.